The number of amides is 1. The molecule has 3 aromatic rings. The number of anilines is 1. The minimum Gasteiger partial charge on any atom is -0.485 e. The summed E-state index contributed by atoms with van der Waals surface area (Å²) in [4.78, 5) is 12.3. The molecule has 0 aliphatic carbocycles. The first-order valence-electron chi connectivity index (χ1n) is 9.25. The van der Waals surface area contributed by atoms with E-state index in [1.165, 1.54) is 11.8 Å². The molecule has 0 atom stereocenters. The van der Waals surface area contributed by atoms with E-state index in [4.69, 9.17) is 16.3 Å². The zero-order valence-corrected chi connectivity index (χ0v) is 18.2. The fraction of sp³-hybridized carbons (Fsp3) is 0.286. The van der Waals surface area contributed by atoms with E-state index in [0.717, 1.165) is 29.0 Å². The van der Waals surface area contributed by atoms with Gasteiger partial charge in [0, 0.05) is 17.8 Å². The monoisotopic (exact) mass is 430 g/mol. The second-order valence-corrected chi connectivity index (χ2v) is 7.88. The van der Waals surface area contributed by atoms with Gasteiger partial charge in [0.1, 0.15) is 12.4 Å². The smallest absolute Gasteiger partial charge is 0.234 e. The number of rotatable bonds is 8. The van der Waals surface area contributed by atoms with Crippen molar-refractivity contribution in [2.24, 2.45) is 7.05 Å². The third kappa shape index (κ3) is 5.52. The molecule has 3 rings (SSSR count). The van der Waals surface area contributed by atoms with Gasteiger partial charge in [-0.2, -0.15) is 0 Å². The lowest BCUT2D eigenvalue weighted by molar-refractivity contribution is -0.113. The number of ether oxygens (including phenoxy) is 1. The van der Waals surface area contributed by atoms with Crippen LogP contribution in [0.25, 0.3) is 0 Å². The molecule has 0 fully saturated rings. The SMILES string of the molecule is CCc1ccccc1NC(=O)CSc1nnc(COc2ccc(Cl)cc2C)n1C. The van der Waals surface area contributed by atoms with Crippen molar-refractivity contribution in [2.75, 3.05) is 11.1 Å². The fourth-order valence-electron chi connectivity index (χ4n) is 2.78. The van der Waals surface area contributed by atoms with Crippen molar-refractivity contribution in [2.45, 2.75) is 32.0 Å². The van der Waals surface area contributed by atoms with Crippen molar-refractivity contribution in [1.29, 1.82) is 0 Å². The second kappa shape index (κ2) is 9.80. The van der Waals surface area contributed by atoms with Gasteiger partial charge in [0.2, 0.25) is 5.91 Å². The summed E-state index contributed by atoms with van der Waals surface area (Å²) in [6.45, 7) is 4.28. The van der Waals surface area contributed by atoms with Gasteiger partial charge in [0.15, 0.2) is 11.0 Å². The van der Waals surface area contributed by atoms with E-state index in [0.29, 0.717) is 16.0 Å². The number of hydrogen-bond donors (Lipinski definition) is 1. The van der Waals surface area contributed by atoms with Gasteiger partial charge >= 0.3 is 0 Å². The number of aromatic nitrogens is 3. The molecule has 0 saturated heterocycles. The van der Waals surface area contributed by atoms with Crippen molar-refractivity contribution in [3.05, 3.63) is 64.4 Å². The van der Waals surface area contributed by atoms with Crippen LogP contribution >= 0.6 is 23.4 Å². The summed E-state index contributed by atoms with van der Waals surface area (Å²) in [5.74, 6) is 1.61. The molecule has 29 heavy (non-hydrogen) atoms. The van der Waals surface area contributed by atoms with Crippen molar-refractivity contribution in [1.82, 2.24) is 14.8 Å². The number of halogens is 1. The predicted molar refractivity (Wildman–Crippen MR) is 117 cm³/mol. The molecule has 2 aromatic carbocycles. The normalized spacial score (nSPS) is 10.8. The van der Waals surface area contributed by atoms with Crippen LogP contribution in [0.15, 0.2) is 47.6 Å². The summed E-state index contributed by atoms with van der Waals surface area (Å²) in [5.41, 5.74) is 2.92. The lowest BCUT2D eigenvalue weighted by atomic mass is 10.1. The van der Waals surface area contributed by atoms with E-state index in [9.17, 15) is 4.79 Å². The summed E-state index contributed by atoms with van der Waals surface area (Å²) in [7, 11) is 1.86. The molecule has 0 aliphatic heterocycles. The van der Waals surface area contributed by atoms with Crippen LogP contribution in [0.3, 0.4) is 0 Å². The molecular formula is C21H23ClN4O2S. The second-order valence-electron chi connectivity index (χ2n) is 6.50. The zero-order valence-electron chi connectivity index (χ0n) is 16.6. The van der Waals surface area contributed by atoms with Crippen LogP contribution in [-0.2, 0) is 24.9 Å². The Kier molecular flexibility index (Phi) is 7.17. The number of benzene rings is 2. The largest absolute Gasteiger partial charge is 0.485 e. The molecule has 6 nitrogen and oxygen atoms in total. The average molecular weight is 431 g/mol. The minimum atomic E-state index is -0.0755. The molecule has 0 aliphatic rings. The van der Waals surface area contributed by atoms with Crippen molar-refractivity contribution in [3.63, 3.8) is 0 Å². The molecule has 0 spiro atoms. The lowest BCUT2D eigenvalue weighted by Gasteiger charge is -2.10. The third-order valence-corrected chi connectivity index (χ3v) is 5.68. The van der Waals surface area contributed by atoms with E-state index in [-0.39, 0.29) is 18.3 Å². The van der Waals surface area contributed by atoms with Crippen LogP contribution in [0.2, 0.25) is 5.02 Å². The van der Waals surface area contributed by atoms with E-state index >= 15 is 0 Å². The highest BCUT2D eigenvalue weighted by Gasteiger charge is 2.13. The maximum Gasteiger partial charge on any atom is 0.234 e. The highest BCUT2D eigenvalue weighted by molar-refractivity contribution is 7.99. The topological polar surface area (TPSA) is 69.0 Å². The van der Waals surface area contributed by atoms with E-state index < -0.39 is 0 Å². The Morgan fingerprint density at radius 3 is 2.79 bits per heavy atom. The number of nitrogens with zero attached hydrogens (tertiary/aromatic N) is 3. The van der Waals surface area contributed by atoms with Gasteiger partial charge in [-0.25, -0.2) is 0 Å². The Hall–Kier alpha value is -2.51. The zero-order chi connectivity index (χ0) is 20.8. The summed E-state index contributed by atoms with van der Waals surface area (Å²) < 4.78 is 7.67. The molecule has 0 radical (unpaired) electrons. The molecule has 1 amide bonds. The fourth-order valence-corrected chi connectivity index (χ4v) is 3.74. The molecule has 0 saturated carbocycles. The van der Waals surface area contributed by atoms with Crippen molar-refractivity contribution < 1.29 is 9.53 Å². The van der Waals surface area contributed by atoms with Gasteiger partial charge in [-0.3, -0.25) is 4.79 Å². The van der Waals surface area contributed by atoms with Crippen LogP contribution in [0, 0.1) is 6.92 Å². The van der Waals surface area contributed by atoms with Crippen LogP contribution in [0.5, 0.6) is 5.75 Å². The van der Waals surface area contributed by atoms with Gasteiger partial charge in [-0.1, -0.05) is 48.5 Å². The Morgan fingerprint density at radius 1 is 1.24 bits per heavy atom. The van der Waals surface area contributed by atoms with Gasteiger partial charge < -0.3 is 14.6 Å². The number of aryl methyl sites for hydroxylation is 2. The van der Waals surface area contributed by atoms with Crippen LogP contribution in [-0.4, -0.2) is 26.4 Å². The molecule has 0 bridgehead atoms. The molecular weight excluding hydrogens is 408 g/mol. The summed E-state index contributed by atoms with van der Waals surface area (Å²) in [5, 5.41) is 12.6. The first-order chi connectivity index (χ1) is 14.0. The van der Waals surface area contributed by atoms with Crippen LogP contribution in [0.4, 0.5) is 5.69 Å². The number of thioether (sulfide) groups is 1. The van der Waals surface area contributed by atoms with E-state index in [2.05, 4.69) is 22.4 Å². The van der Waals surface area contributed by atoms with Crippen LogP contribution < -0.4 is 10.1 Å². The Labute approximate surface area is 179 Å². The highest BCUT2D eigenvalue weighted by Crippen LogP contribution is 2.23. The Morgan fingerprint density at radius 2 is 2.03 bits per heavy atom. The molecule has 152 valence electrons. The molecule has 1 aromatic heterocycles. The standard InChI is InChI=1S/C21H23ClN4O2S/c1-4-15-7-5-6-8-17(15)23-20(27)13-29-21-25-24-19(26(21)3)12-28-18-10-9-16(22)11-14(18)2/h5-11H,4,12-13H2,1-3H3,(H,23,27). The third-order valence-electron chi connectivity index (χ3n) is 4.42. The maximum absolute atomic E-state index is 12.3. The quantitative estimate of drug-likeness (QED) is 0.527. The number of para-hydroxylation sites is 1. The average Bonchev–Trinajstić information content (AvgIpc) is 3.06. The van der Waals surface area contributed by atoms with Gasteiger partial charge in [0.25, 0.3) is 0 Å². The Balaban J connectivity index is 1.56. The molecule has 1 N–H and O–H groups in total. The van der Waals surface area contributed by atoms with Crippen LogP contribution in [0.1, 0.15) is 23.9 Å². The predicted octanol–water partition coefficient (Wildman–Crippen LogP) is 4.65. The van der Waals surface area contributed by atoms with E-state index in [1.54, 1.807) is 6.07 Å². The van der Waals surface area contributed by atoms with Gasteiger partial charge in [0.05, 0.1) is 5.75 Å². The summed E-state index contributed by atoms with van der Waals surface area (Å²) >= 11 is 7.31. The minimum absolute atomic E-state index is 0.0755. The first kappa shape index (κ1) is 21.2. The number of carbonyl (C=O) groups is 1. The number of hydrogen-bond acceptors (Lipinski definition) is 5. The summed E-state index contributed by atoms with van der Waals surface area (Å²) in [6.07, 6.45) is 0.864. The lowest BCUT2D eigenvalue weighted by Crippen LogP contribution is -2.15. The van der Waals surface area contributed by atoms with Crippen molar-refractivity contribution >= 4 is 35.0 Å². The maximum atomic E-state index is 12.3. The highest BCUT2D eigenvalue weighted by atomic mass is 35.5. The number of nitrogens with one attached hydrogen (secondary N) is 1. The van der Waals surface area contributed by atoms with E-state index in [1.807, 2.05) is 54.9 Å². The van der Waals surface area contributed by atoms with Gasteiger partial charge in [-0.05, 0) is 48.7 Å². The summed E-state index contributed by atoms with van der Waals surface area (Å²) in [6, 6.07) is 13.3. The van der Waals surface area contributed by atoms with Crippen molar-refractivity contribution in [3.8, 4) is 5.75 Å². The molecule has 1 heterocycles. The Bertz CT molecular complexity index is 1010. The molecule has 0 unspecified atom stereocenters. The number of carbonyl (C=O) groups excluding carboxylic acids is 1. The first-order valence-corrected chi connectivity index (χ1v) is 10.6. The molecule has 8 heteroatoms. The van der Waals surface area contributed by atoms with Gasteiger partial charge in [-0.15, -0.1) is 10.2 Å².